The highest BCUT2D eigenvalue weighted by atomic mass is 16.5. The van der Waals surface area contributed by atoms with Crippen molar-refractivity contribution < 1.29 is 14.3 Å². The lowest BCUT2D eigenvalue weighted by molar-refractivity contribution is -0.137. The van der Waals surface area contributed by atoms with Gasteiger partial charge in [-0.05, 0) is 32.0 Å². The molecule has 1 aromatic carbocycles. The van der Waals surface area contributed by atoms with Crippen LogP contribution < -0.4 is 0 Å². The molecule has 0 saturated carbocycles. The van der Waals surface area contributed by atoms with Crippen LogP contribution in [0.15, 0.2) is 18.2 Å². The van der Waals surface area contributed by atoms with E-state index in [0.717, 1.165) is 5.52 Å². The molecule has 1 aromatic heterocycles. The Hall–Kier alpha value is -2.44. The number of amides is 1. The molecule has 0 aliphatic heterocycles. The first-order valence-electron chi connectivity index (χ1n) is 6.69. The number of hydrogen-bond acceptors (Lipinski definition) is 5. The highest BCUT2D eigenvalue weighted by molar-refractivity contribution is 5.95. The number of aromatic nitrogens is 3. The number of hydrogen-bond donors (Lipinski definition) is 0. The van der Waals surface area contributed by atoms with E-state index in [1.807, 2.05) is 6.92 Å². The fraction of sp³-hybridized carbons (Fsp3) is 0.429. The SMILES string of the molecule is CCn1nnc2cc(C(=O)O[C@H](C)C(=O)N(C)C)ccc21. The van der Waals surface area contributed by atoms with Crippen LogP contribution in [0.5, 0.6) is 0 Å². The van der Waals surface area contributed by atoms with Gasteiger partial charge >= 0.3 is 5.97 Å². The van der Waals surface area contributed by atoms with Gasteiger partial charge in [0.1, 0.15) is 5.52 Å². The Morgan fingerprint density at radius 1 is 1.38 bits per heavy atom. The van der Waals surface area contributed by atoms with Crippen molar-refractivity contribution in [3.05, 3.63) is 23.8 Å². The van der Waals surface area contributed by atoms with E-state index in [1.165, 1.54) is 4.90 Å². The van der Waals surface area contributed by atoms with Gasteiger partial charge in [-0.2, -0.15) is 0 Å². The van der Waals surface area contributed by atoms with Gasteiger partial charge in [0, 0.05) is 20.6 Å². The van der Waals surface area contributed by atoms with Gasteiger partial charge in [-0.25, -0.2) is 9.48 Å². The zero-order chi connectivity index (χ0) is 15.6. The second-order valence-electron chi connectivity index (χ2n) is 4.89. The number of fused-ring (bicyclic) bond motifs is 1. The minimum absolute atomic E-state index is 0.263. The third-order valence-corrected chi connectivity index (χ3v) is 3.12. The number of aryl methyl sites for hydroxylation is 1. The van der Waals surface area contributed by atoms with Gasteiger partial charge in [0.15, 0.2) is 6.10 Å². The summed E-state index contributed by atoms with van der Waals surface area (Å²) in [5.74, 6) is -0.813. The van der Waals surface area contributed by atoms with E-state index in [1.54, 1.807) is 43.9 Å². The Morgan fingerprint density at radius 3 is 2.71 bits per heavy atom. The number of ether oxygens (including phenoxy) is 1. The molecule has 2 aromatic rings. The molecule has 0 saturated heterocycles. The van der Waals surface area contributed by atoms with E-state index in [0.29, 0.717) is 17.6 Å². The molecular formula is C14H18N4O3. The fourth-order valence-electron chi connectivity index (χ4n) is 1.98. The van der Waals surface area contributed by atoms with Crippen molar-refractivity contribution >= 4 is 22.9 Å². The Balaban J connectivity index is 2.18. The summed E-state index contributed by atoms with van der Waals surface area (Å²) in [5.41, 5.74) is 1.83. The van der Waals surface area contributed by atoms with Crippen molar-refractivity contribution in [1.82, 2.24) is 19.9 Å². The Kier molecular flexibility index (Phi) is 4.21. The number of esters is 1. The molecule has 0 bridgehead atoms. The first kappa shape index (κ1) is 15.0. The molecule has 0 fully saturated rings. The second-order valence-corrected chi connectivity index (χ2v) is 4.89. The summed E-state index contributed by atoms with van der Waals surface area (Å²) in [6.07, 6.45) is -0.825. The summed E-state index contributed by atoms with van der Waals surface area (Å²) in [7, 11) is 3.23. The van der Waals surface area contributed by atoms with Crippen molar-refractivity contribution in [1.29, 1.82) is 0 Å². The zero-order valence-electron chi connectivity index (χ0n) is 12.5. The van der Waals surface area contributed by atoms with Gasteiger partial charge in [-0.15, -0.1) is 5.10 Å². The van der Waals surface area contributed by atoms with Crippen LogP contribution in [0.25, 0.3) is 11.0 Å². The minimum atomic E-state index is -0.825. The van der Waals surface area contributed by atoms with Crippen molar-refractivity contribution in [2.24, 2.45) is 0 Å². The van der Waals surface area contributed by atoms with E-state index in [9.17, 15) is 9.59 Å². The lowest BCUT2D eigenvalue weighted by Crippen LogP contribution is -2.34. The van der Waals surface area contributed by atoms with Gasteiger partial charge in [-0.3, -0.25) is 4.79 Å². The summed E-state index contributed by atoms with van der Waals surface area (Å²) < 4.78 is 6.90. The summed E-state index contributed by atoms with van der Waals surface area (Å²) in [5, 5.41) is 7.99. The normalized spacial score (nSPS) is 12.2. The van der Waals surface area contributed by atoms with Crippen LogP contribution in [0.2, 0.25) is 0 Å². The highest BCUT2D eigenvalue weighted by Gasteiger charge is 2.20. The molecule has 0 N–H and O–H groups in total. The Morgan fingerprint density at radius 2 is 2.10 bits per heavy atom. The number of carbonyl (C=O) groups excluding carboxylic acids is 2. The molecule has 0 radical (unpaired) electrons. The molecule has 1 atom stereocenters. The van der Waals surface area contributed by atoms with Crippen LogP contribution in [-0.4, -0.2) is 52.0 Å². The first-order valence-corrected chi connectivity index (χ1v) is 6.69. The first-order chi connectivity index (χ1) is 9.93. The standard InChI is InChI=1S/C14H18N4O3/c1-5-18-12-7-6-10(8-11(12)15-16-18)14(20)21-9(2)13(19)17(3)4/h6-9H,5H2,1-4H3/t9-/m1/s1. The molecular weight excluding hydrogens is 272 g/mol. The van der Waals surface area contributed by atoms with Crippen LogP contribution in [0, 0.1) is 0 Å². The summed E-state index contributed by atoms with van der Waals surface area (Å²) in [6.45, 7) is 4.21. The maximum atomic E-state index is 12.1. The van der Waals surface area contributed by atoms with Gasteiger partial charge < -0.3 is 9.64 Å². The third kappa shape index (κ3) is 3.01. The Bertz CT molecular complexity index is 678. The average molecular weight is 290 g/mol. The van der Waals surface area contributed by atoms with E-state index in [-0.39, 0.29) is 5.91 Å². The topological polar surface area (TPSA) is 77.3 Å². The van der Waals surface area contributed by atoms with E-state index in [4.69, 9.17) is 4.74 Å². The molecule has 21 heavy (non-hydrogen) atoms. The van der Waals surface area contributed by atoms with E-state index >= 15 is 0 Å². The van der Waals surface area contributed by atoms with Crippen LogP contribution >= 0.6 is 0 Å². The van der Waals surface area contributed by atoms with Crippen LogP contribution in [0.3, 0.4) is 0 Å². The van der Waals surface area contributed by atoms with Crippen molar-refractivity contribution in [2.45, 2.75) is 26.5 Å². The maximum absolute atomic E-state index is 12.1. The van der Waals surface area contributed by atoms with Gasteiger partial charge in [0.25, 0.3) is 5.91 Å². The predicted molar refractivity (Wildman–Crippen MR) is 76.8 cm³/mol. The van der Waals surface area contributed by atoms with Gasteiger partial charge in [0.05, 0.1) is 11.1 Å². The molecule has 112 valence electrons. The van der Waals surface area contributed by atoms with Crippen molar-refractivity contribution in [3.8, 4) is 0 Å². The monoisotopic (exact) mass is 290 g/mol. The zero-order valence-corrected chi connectivity index (χ0v) is 12.5. The molecule has 2 rings (SSSR count). The predicted octanol–water partition coefficient (Wildman–Crippen LogP) is 1.08. The van der Waals surface area contributed by atoms with Crippen LogP contribution in [0.1, 0.15) is 24.2 Å². The number of carbonyl (C=O) groups is 2. The molecule has 1 heterocycles. The molecule has 0 aliphatic rings. The van der Waals surface area contributed by atoms with Gasteiger partial charge in [-0.1, -0.05) is 5.21 Å². The number of rotatable bonds is 4. The number of nitrogens with zero attached hydrogens (tertiary/aromatic N) is 4. The molecule has 0 spiro atoms. The maximum Gasteiger partial charge on any atom is 0.338 e. The third-order valence-electron chi connectivity index (χ3n) is 3.12. The summed E-state index contributed by atoms with van der Waals surface area (Å²) in [4.78, 5) is 25.1. The minimum Gasteiger partial charge on any atom is -0.449 e. The molecule has 7 nitrogen and oxygen atoms in total. The van der Waals surface area contributed by atoms with Crippen molar-refractivity contribution in [2.75, 3.05) is 14.1 Å². The molecule has 1 amide bonds. The second kappa shape index (κ2) is 5.90. The molecule has 0 aliphatic carbocycles. The quantitative estimate of drug-likeness (QED) is 0.788. The van der Waals surface area contributed by atoms with E-state index < -0.39 is 12.1 Å². The number of likely N-dealkylation sites (N-methyl/N-ethyl adjacent to an activating group) is 1. The summed E-state index contributed by atoms with van der Waals surface area (Å²) in [6, 6.07) is 5.03. The number of benzene rings is 1. The Labute approximate surface area is 122 Å². The van der Waals surface area contributed by atoms with Crippen molar-refractivity contribution in [3.63, 3.8) is 0 Å². The molecule has 7 heteroatoms. The molecule has 0 unspecified atom stereocenters. The average Bonchev–Trinajstić information content (AvgIpc) is 2.88. The smallest absolute Gasteiger partial charge is 0.338 e. The fourth-order valence-corrected chi connectivity index (χ4v) is 1.98. The highest BCUT2D eigenvalue weighted by Crippen LogP contribution is 2.15. The largest absolute Gasteiger partial charge is 0.449 e. The lowest BCUT2D eigenvalue weighted by Gasteiger charge is -2.17. The van der Waals surface area contributed by atoms with Gasteiger partial charge in [0.2, 0.25) is 0 Å². The van der Waals surface area contributed by atoms with E-state index in [2.05, 4.69) is 10.3 Å². The van der Waals surface area contributed by atoms with Crippen LogP contribution in [0.4, 0.5) is 0 Å². The summed E-state index contributed by atoms with van der Waals surface area (Å²) >= 11 is 0. The van der Waals surface area contributed by atoms with Crippen LogP contribution in [-0.2, 0) is 16.1 Å². The lowest BCUT2D eigenvalue weighted by atomic mass is 10.2.